The standard InChI is InChI=1S/C23H30N6O3/c1-4-18-21(19(5-2)29(27-18)10-11-32-13-12-31-3)26-23(30)17-8-9-28-20(17)7-6-16-14-24-15-25-22(16)28/h8-9,14-15H,4-7,10-13H2,1-3H3,(H,26,30). The lowest BCUT2D eigenvalue weighted by molar-refractivity contribution is 0.0651. The van der Waals surface area contributed by atoms with E-state index in [4.69, 9.17) is 14.6 Å². The lowest BCUT2D eigenvalue weighted by Crippen LogP contribution is -2.19. The van der Waals surface area contributed by atoms with Crippen molar-refractivity contribution in [1.82, 2.24) is 24.3 Å². The number of nitrogens with zero attached hydrogens (tertiary/aromatic N) is 5. The number of hydrogen-bond donors (Lipinski definition) is 1. The molecule has 0 aromatic carbocycles. The first kappa shape index (κ1) is 22.2. The number of amides is 1. The van der Waals surface area contributed by atoms with E-state index < -0.39 is 0 Å². The van der Waals surface area contributed by atoms with Crippen LogP contribution in [0.1, 0.15) is 46.9 Å². The van der Waals surface area contributed by atoms with Gasteiger partial charge in [-0.15, -0.1) is 0 Å². The number of hydrogen-bond acceptors (Lipinski definition) is 6. The molecular weight excluding hydrogens is 408 g/mol. The van der Waals surface area contributed by atoms with E-state index in [1.807, 2.05) is 34.6 Å². The summed E-state index contributed by atoms with van der Waals surface area (Å²) < 4.78 is 14.6. The van der Waals surface area contributed by atoms with Gasteiger partial charge >= 0.3 is 0 Å². The largest absolute Gasteiger partial charge is 0.382 e. The van der Waals surface area contributed by atoms with Gasteiger partial charge in [-0.3, -0.25) is 9.48 Å². The predicted octanol–water partition coefficient (Wildman–Crippen LogP) is 2.60. The molecule has 1 amide bonds. The van der Waals surface area contributed by atoms with E-state index in [1.165, 1.54) is 0 Å². The van der Waals surface area contributed by atoms with E-state index in [0.717, 1.165) is 59.8 Å². The van der Waals surface area contributed by atoms with E-state index in [-0.39, 0.29) is 5.91 Å². The fraction of sp³-hybridized carbons (Fsp3) is 0.478. The van der Waals surface area contributed by atoms with Crippen LogP contribution in [0, 0.1) is 0 Å². The zero-order chi connectivity index (χ0) is 22.5. The number of rotatable bonds is 10. The zero-order valence-corrected chi connectivity index (χ0v) is 18.9. The van der Waals surface area contributed by atoms with E-state index in [9.17, 15) is 4.79 Å². The predicted molar refractivity (Wildman–Crippen MR) is 120 cm³/mol. The van der Waals surface area contributed by atoms with Crippen LogP contribution in [0.25, 0.3) is 5.82 Å². The molecule has 32 heavy (non-hydrogen) atoms. The van der Waals surface area contributed by atoms with Crippen molar-refractivity contribution in [1.29, 1.82) is 0 Å². The molecule has 0 bridgehead atoms. The highest BCUT2D eigenvalue weighted by molar-refractivity contribution is 6.06. The molecule has 1 aliphatic rings. The van der Waals surface area contributed by atoms with Crippen LogP contribution in [0.15, 0.2) is 24.8 Å². The van der Waals surface area contributed by atoms with Gasteiger partial charge in [-0.2, -0.15) is 5.10 Å². The molecule has 4 rings (SSSR count). The maximum atomic E-state index is 13.3. The second-order valence-corrected chi connectivity index (χ2v) is 7.68. The van der Waals surface area contributed by atoms with Crippen molar-refractivity contribution in [2.24, 2.45) is 0 Å². The molecule has 9 heteroatoms. The number of methoxy groups -OCH3 is 1. The summed E-state index contributed by atoms with van der Waals surface area (Å²) in [6.45, 7) is 6.42. The van der Waals surface area contributed by atoms with E-state index in [1.54, 1.807) is 13.4 Å². The number of fused-ring (bicyclic) bond motifs is 3. The average Bonchev–Trinajstić information content (AvgIpc) is 3.40. The fourth-order valence-electron chi connectivity index (χ4n) is 4.19. The van der Waals surface area contributed by atoms with E-state index in [2.05, 4.69) is 22.2 Å². The van der Waals surface area contributed by atoms with Gasteiger partial charge in [0, 0.05) is 30.8 Å². The van der Waals surface area contributed by atoms with Gasteiger partial charge in [0.15, 0.2) is 0 Å². The molecule has 0 saturated heterocycles. The number of aromatic nitrogens is 5. The third-order valence-electron chi connectivity index (χ3n) is 5.78. The molecule has 0 aliphatic carbocycles. The molecule has 3 aromatic rings. The average molecular weight is 439 g/mol. The van der Waals surface area contributed by atoms with Gasteiger partial charge in [-0.25, -0.2) is 9.97 Å². The second-order valence-electron chi connectivity index (χ2n) is 7.68. The molecule has 3 aromatic heterocycles. The molecular formula is C23H30N6O3. The zero-order valence-electron chi connectivity index (χ0n) is 18.9. The topological polar surface area (TPSA) is 96.1 Å². The summed E-state index contributed by atoms with van der Waals surface area (Å²) in [5.74, 6) is 0.738. The molecule has 4 heterocycles. The van der Waals surface area contributed by atoms with Crippen LogP contribution in [0.4, 0.5) is 5.69 Å². The van der Waals surface area contributed by atoms with Gasteiger partial charge in [-0.1, -0.05) is 13.8 Å². The Labute approximate surface area is 187 Å². The van der Waals surface area contributed by atoms with Crippen LogP contribution < -0.4 is 5.32 Å². The van der Waals surface area contributed by atoms with E-state index >= 15 is 0 Å². The van der Waals surface area contributed by atoms with Crippen LogP contribution in [-0.2, 0) is 41.7 Å². The molecule has 0 saturated carbocycles. The van der Waals surface area contributed by atoms with Gasteiger partial charge in [0.05, 0.1) is 49.0 Å². The first-order valence-electron chi connectivity index (χ1n) is 11.1. The SMILES string of the molecule is CCc1nn(CCOCCOC)c(CC)c1NC(=O)c1ccn2c1CCc1cncnc1-2. The molecule has 9 nitrogen and oxygen atoms in total. The second kappa shape index (κ2) is 10.1. The lowest BCUT2D eigenvalue weighted by atomic mass is 10.0. The van der Waals surface area contributed by atoms with Gasteiger partial charge in [0.2, 0.25) is 0 Å². The Morgan fingerprint density at radius 2 is 2.06 bits per heavy atom. The quantitative estimate of drug-likeness (QED) is 0.489. The summed E-state index contributed by atoms with van der Waals surface area (Å²) in [5, 5.41) is 7.90. The molecule has 0 atom stereocenters. The molecule has 1 N–H and O–H groups in total. The summed E-state index contributed by atoms with van der Waals surface area (Å²) in [5.41, 5.74) is 5.46. The Kier molecular flexibility index (Phi) is 6.96. The minimum atomic E-state index is -0.114. The Bertz CT molecular complexity index is 1090. The highest BCUT2D eigenvalue weighted by Gasteiger charge is 2.25. The minimum Gasteiger partial charge on any atom is -0.382 e. The highest BCUT2D eigenvalue weighted by Crippen LogP contribution is 2.28. The van der Waals surface area contributed by atoms with Crippen LogP contribution in [0.3, 0.4) is 0 Å². The molecule has 0 spiro atoms. The fourth-order valence-corrected chi connectivity index (χ4v) is 4.19. The number of anilines is 1. The normalized spacial score (nSPS) is 12.5. The van der Waals surface area contributed by atoms with Crippen molar-refractivity contribution >= 4 is 11.6 Å². The number of aryl methyl sites for hydroxylation is 2. The number of ether oxygens (including phenoxy) is 2. The van der Waals surface area contributed by atoms with Crippen molar-refractivity contribution in [2.45, 2.75) is 46.1 Å². The molecule has 0 radical (unpaired) electrons. The lowest BCUT2D eigenvalue weighted by Gasteiger charge is -2.18. The summed E-state index contributed by atoms with van der Waals surface area (Å²) >= 11 is 0. The van der Waals surface area contributed by atoms with Crippen molar-refractivity contribution in [3.05, 3.63) is 53.0 Å². The van der Waals surface area contributed by atoms with Crippen molar-refractivity contribution in [3.8, 4) is 5.82 Å². The Morgan fingerprint density at radius 3 is 2.84 bits per heavy atom. The molecule has 170 valence electrons. The number of carbonyl (C=O) groups excluding carboxylic acids is 1. The maximum Gasteiger partial charge on any atom is 0.257 e. The molecule has 0 fully saturated rings. The van der Waals surface area contributed by atoms with Crippen molar-refractivity contribution in [3.63, 3.8) is 0 Å². The first-order valence-corrected chi connectivity index (χ1v) is 11.1. The number of carbonyl (C=O) groups is 1. The van der Waals surface area contributed by atoms with Crippen LogP contribution in [0.2, 0.25) is 0 Å². The van der Waals surface area contributed by atoms with Gasteiger partial charge < -0.3 is 19.4 Å². The van der Waals surface area contributed by atoms with Crippen LogP contribution in [-0.4, -0.2) is 57.2 Å². The maximum absolute atomic E-state index is 13.3. The van der Waals surface area contributed by atoms with Crippen molar-refractivity contribution < 1.29 is 14.3 Å². The summed E-state index contributed by atoms with van der Waals surface area (Å²) in [6.07, 6.45) is 8.40. The summed E-state index contributed by atoms with van der Waals surface area (Å²) in [6, 6.07) is 1.87. The minimum absolute atomic E-state index is 0.114. The smallest absolute Gasteiger partial charge is 0.257 e. The van der Waals surface area contributed by atoms with E-state index in [0.29, 0.717) is 31.9 Å². The molecule has 0 unspecified atom stereocenters. The van der Waals surface area contributed by atoms with Gasteiger partial charge in [0.25, 0.3) is 5.91 Å². The van der Waals surface area contributed by atoms with Gasteiger partial charge in [0.1, 0.15) is 12.1 Å². The third-order valence-corrected chi connectivity index (χ3v) is 5.78. The Hall–Kier alpha value is -3.04. The Morgan fingerprint density at radius 1 is 1.19 bits per heavy atom. The number of nitrogens with one attached hydrogen (secondary N) is 1. The summed E-state index contributed by atoms with van der Waals surface area (Å²) in [7, 11) is 1.66. The van der Waals surface area contributed by atoms with Crippen LogP contribution in [0.5, 0.6) is 0 Å². The Balaban J connectivity index is 1.55. The van der Waals surface area contributed by atoms with Crippen molar-refractivity contribution in [2.75, 3.05) is 32.2 Å². The highest BCUT2D eigenvalue weighted by atomic mass is 16.5. The first-order chi connectivity index (χ1) is 15.7. The third kappa shape index (κ3) is 4.31. The van der Waals surface area contributed by atoms with Gasteiger partial charge in [-0.05, 0) is 31.7 Å². The monoisotopic (exact) mass is 438 g/mol. The summed E-state index contributed by atoms with van der Waals surface area (Å²) in [4.78, 5) is 21.8. The molecule has 1 aliphatic heterocycles. The van der Waals surface area contributed by atoms with Crippen LogP contribution >= 0.6 is 0 Å².